The third kappa shape index (κ3) is 3.22. The van der Waals surface area contributed by atoms with Gasteiger partial charge in [-0.15, -0.1) is 0 Å². The highest BCUT2D eigenvalue weighted by Gasteiger charge is 2.34. The van der Waals surface area contributed by atoms with Crippen molar-refractivity contribution in [2.24, 2.45) is 11.8 Å². The van der Waals surface area contributed by atoms with E-state index in [2.05, 4.69) is 0 Å². The minimum absolute atomic E-state index is 0.269. The predicted octanol–water partition coefficient (Wildman–Crippen LogP) is 1.20. The average Bonchev–Trinajstić information content (AvgIpc) is 3.10. The van der Waals surface area contributed by atoms with Crippen LogP contribution in [0.15, 0.2) is 0 Å². The molecule has 1 amide bonds. The smallest absolute Gasteiger partial charge is 0.397 e. The van der Waals surface area contributed by atoms with E-state index in [9.17, 15) is 9.59 Å². The van der Waals surface area contributed by atoms with Crippen LogP contribution in [0.3, 0.4) is 0 Å². The third-order valence-electron chi connectivity index (χ3n) is 3.09. The summed E-state index contributed by atoms with van der Waals surface area (Å²) in [5, 5.41) is 0. The number of nitrogens with zero attached hydrogens (tertiary/aromatic N) is 1. The van der Waals surface area contributed by atoms with Crippen molar-refractivity contribution in [3.63, 3.8) is 0 Å². The summed E-state index contributed by atoms with van der Waals surface area (Å²) in [5.41, 5.74) is 0. The number of ether oxygens (including phenoxy) is 1. The molecule has 2 rings (SSSR count). The molecule has 2 saturated carbocycles. The topological polar surface area (TPSA) is 46.6 Å². The van der Waals surface area contributed by atoms with Crippen LogP contribution in [0.1, 0.15) is 32.6 Å². The Balaban J connectivity index is 1.86. The van der Waals surface area contributed by atoms with Gasteiger partial charge in [-0.1, -0.05) is 0 Å². The molecule has 2 aliphatic rings. The molecule has 2 aliphatic carbocycles. The van der Waals surface area contributed by atoms with Gasteiger partial charge in [0.05, 0.1) is 6.61 Å². The number of carbonyl (C=O) groups is 2. The molecule has 0 spiro atoms. The predicted molar refractivity (Wildman–Crippen MR) is 58.7 cm³/mol. The van der Waals surface area contributed by atoms with E-state index in [0.717, 1.165) is 13.1 Å². The number of amides is 1. The Bertz CT molecular complexity index is 268. The summed E-state index contributed by atoms with van der Waals surface area (Å²) in [6.07, 6.45) is 4.77. The van der Waals surface area contributed by atoms with Gasteiger partial charge in [-0.3, -0.25) is 4.79 Å². The minimum atomic E-state index is -0.691. The SMILES string of the molecule is CCOC(=O)C(=O)N(CC1CC1)CC1CC1. The lowest BCUT2D eigenvalue weighted by molar-refractivity contribution is -0.160. The maximum atomic E-state index is 11.8. The molecule has 0 aromatic rings. The molecule has 0 atom stereocenters. The molecule has 16 heavy (non-hydrogen) atoms. The molecule has 0 N–H and O–H groups in total. The second kappa shape index (κ2) is 4.85. The van der Waals surface area contributed by atoms with Crippen molar-refractivity contribution >= 4 is 11.9 Å². The van der Waals surface area contributed by atoms with E-state index in [0.29, 0.717) is 11.8 Å². The summed E-state index contributed by atoms with van der Waals surface area (Å²) in [6.45, 7) is 3.48. The average molecular weight is 225 g/mol. The van der Waals surface area contributed by atoms with Gasteiger partial charge in [-0.05, 0) is 44.4 Å². The van der Waals surface area contributed by atoms with Crippen molar-refractivity contribution in [3.05, 3.63) is 0 Å². The summed E-state index contributed by atoms with van der Waals surface area (Å²) in [5.74, 6) is 0.110. The summed E-state index contributed by atoms with van der Waals surface area (Å²) in [4.78, 5) is 24.9. The van der Waals surface area contributed by atoms with Crippen LogP contribution in [-0.2, 0) is 14.3 Å². The van der Waals surface area contributed by atoms with E-state index in [4.69, 9.17) is 4.74 Å². The molecule has 0 unspecified atom stereocenters. The highest BCUT2D eigenvalue weighted by molar-refractivity contribution is 6.32. The van der Waals surface area contributed by atoms with Gasteiger partial charge < -0.3 is 9.64 Å². The summed E-state index contributed by atoms with van der Waals surface area (Å²) >= 11 is 0. The van der Waals surface area contributed by atoms with Crippen LogP contribution in [0.5, 0.6) is 0 Å². The summed E-state index contributed by atoms with van der Waals surface area (Å²) in [6, 6.07) is 0. The second-order valence-corrected chi connectivity index (χ2v) is 4.82. The van der Waals surface area contributed by atoms with E-state index in [-0.39, 0.29) is 6.61 Å². The standard InChI is InChI=1S/C12H19NO3/c1-2-16-12(15)11(14)13(7-9-3-4-9)8-10-5-6-10/h9-10H,2-8H2,1H3. The van der Waals surface area contributed by atoms with Crippen LogP contribution in [-0.4, -0.2) is 36.5 Å². The quantitative estimate of drug-likeness (QED) is 0.521. The van der Waals surface area contributed by atoms with Crippen molar-refractivity contribution in [3.8, 4) is 0 Å². The summed E-state index contributed by atoms with van der Waals surface area (Å²) in [7, 11) is 0. The van der Waals surface area contributed by atoms with E-state index >= 15 is 0 Å². The van der Waals surface area contributed by atoms with Gasteiger partial charge in [0.25, 0.3) is 0 Å². The Morgan fingerprint density at radius 3 is 2.00 bits per heavy atom. The summed E-state index contributed by atoms with van der Waals surface area (Å²) < 4.78 is 4.76. The van der Waals surface area contributed by atoms with Gasteiger partial charge in [-0.25, -0.2) is 4.79 Å². The van der Waals surface area contributed by atoms with Crippen molar-refractivity contribution in [2.75, 3.05) is 19.7 Å². The fourth-order valence-corrected chi connectivity index (χ4v) is 1.79. The lowest BCUT2D eigenvalue weighted by Gasteiger charge is -2.21. The Hall–Kier alpha value is -1.06. The molecule has 0 aliphatic heterocycles. The Morgan fingerprint density at radius 1 is 1.12 bits per heavy atom. The highest BCUT2D eigenvalue weighted by atomic mass is 16.5. The molecular formula is C12H19NO3. The second-order valence-electron chi connectivity index (χ2n) is 4.82. The molecule has 0 bridgehead atoms. The first-order valence-corrected chi connectivity index (χ1v) is 6.16. The Labute approximate surface area is 95.9 Å². The molecule has 90 valence electrons. The van der Waals surface area contributed by atoms with E-state index < -0.39 is 11.9 Å². The van der Waals surface area contributed by atoms with Gasteiger partial charge in [0.15, 0.2) is 0 Å². The van der Waals surface area contributed by atoms with E-state index in [1.807, 2.05) is 0 Å². The van der Waals surface area contributed by atoms with Crippen LogP contribution in [0.25, 0.3) is 0 Å². The van der Waals surface area contributed by atoms with Crippen molar-refractivity contribution in [1.29, 1.82) is 0 Å². The number of carbonyl (C=O) groups excluding carboxylic acids is 2. The number of rotatable bonds is 5. The number of esters is 1. The maximum absolute atomic E-state index is 11.8. The van der Waals surface area contributed by atoms with Gasteiger partial charge >= 0.3 is 11.9 Å². The maximum Gasteiger partial charge on any atom is 0.397 e. The lowest BCUT2D eigenvalue weighted by Crippen LogP contribution is -2.40. The Kier molecular flexibility index (Phi) is 3.46. The van der Waals surface area contributed by atoms with Crippen LogP contribution in [0.4, 0.5) is 0 Å². The fourth-order valence-electron chi connectivity index (χ4n) is 1.79. The van der Waals surface area contributed by atoms with Gasteiger partial charge in [0, 0.05) is 13.1 Å². The minimum Gasteiger partial charge on any atom is -0.459 e. The first-order chi connectivity index (χ1) is 7.70. The molecule has 4 nitrogen and oxygen atoms in total. The molecule has 2 fully saturated rings. The van der Waals surface area contributed by atoms with Crippen molar-refractivity contribution in [1.82, 2.24) is 4.90 Å². The molecule has 0 heterocycles. The number of hydrogen-bond donors (Lipinski definition) is 0. The molecule has 0 saturated heterocycles. The van der Waals surface area contributed by atoms with Crippen molar-refractivity contribution < 1.29 is 14.3 Å². The first kappa shape index (κ1) is 11.4. The Morgan fingerprint density at radius 2 is 1.62 bits per heavy atom. The van der Waals surface area contributed by atoms with Crippen LogP contribution in [0, 0.1) is 11.8 Å². The van der Waals surface area contributed by atoms with Gasteiger partial charge in [0.1, 0.15) is 0 Å². The molecule has 0 aromatic carbocycles. The number of hydrogen-bond acceptors (Lipinski definition) is 3. The van der Waals surface area contributed by atoms with Gasteiger partial charge in [0.2, 0.25) is 0 Å². The van der Waals surface area contributed by atoms with Crippen LogP contribution >= 0.6 is 0 Å². The molecule has 0 radical (unpaired) electrons. The van der Waals surface area contributed by atoms with Crippen LogP contribution in [0.2, 0.25) is 0 Å². The molecule has 4 heteroatoms. The molecule has 0 aromatic heterocycles. The van der Waals surface area contributed by atoms with Crippen molar-refractivity contribution in [2.45, 2.75) is 32.6 Å². The largest absolute Gasteiger partial charge is 0.459 e. The molecular weight excluding hydrogens is 206 g/mol. The first-order valence-electron chi connectivity index (χ1n) is 6.16. The zero-order valence-corrected chi connectivity index (χ0v) is 9.78. The third-order valence-corrected chi connectivity index (χ3v) is 3.09. The van der Waals surface area contributed by atoms with E-state index in [1.54, 1.807) is 11.8 Å². The fraction of sp³-hybridized carbons (Fsp3) is 0.833. The highest BCUT2D eigenvalue weighted by Crippen LogP contribution is 2.33. The normalized spacial score (nSPS) is 19.3. The monoisotopic (exact) mass is 225 g/mol. The van der Waals surface area contributed by atoms with Gasteiger partial charge in [-0.2, -0.15) is 0 Å². The zero-order chi connectivity index (χ0) is 11.5. The van der Waals surface area contributed by atoms with E-state index in [1.165, 1.54) is 25.7 Å². The van der Waals surface area contributed by atoms with Crippen LogP contribution < -0.4 is 0 Å². The lowest BCUT2D eigenvalue weighted by atomic mass is 10.3. The zero-order valence-electron chi connectivity index (χ0n) is 9.78.